The summed E-state index contributed by atoms with van der Waals surface area (Å²) < 4.78 is 10.8. The molecule has 120 valence electrons. The van der Waals surface area contributed by atoms with E-state index in [2.05, 4.69) is 0 Å². The fourth-order valence-electron chi connectivity index (χ4n) is 1.94. The topological polar surface area (TPSA) is 108 Å². The number of likely N-dealkylation sites (tertiary alicyclic amines) is 1. The van der Waals surface area contributed by atoms with Gasteiger partial charge >= 0.3 is 6.09 Å². The lowest BCUT2D eigenvalue weighted by Gasteiger charge is -2.39. The van der Waals surface area contributed by atoms with Gasteiger partial charge < -0.3 is 20.1 Å². The average Bonchev–Trinajstić information content (AvgIpc) is 2.32. The van der Waals surface area contributed by atoms with Gasteiger partial charge in [0, 0.05) is 0 Å². The van der Waals surface area contributed by atoms with Crippen molar-refractivity contribution in [1.29, 1.82) is 0 Å². The number of ether oxygens (including phenoxy) is 2. The summed E-state index contributed by atoms with van der Waals surface area (Å²) in [5, 5.41) is 10.8. The normalized spacial score (nSPS) is 15.1. The SMILES string of the molecule is CC(C)(C)OC(=O)N1CC(Oc2ccc(N)c([N+](=O)[O-])c2)C1. The number of rotatable bonds is 3. The zero-order chi connectivity index (χ0) is 16.5. The molecule has 2 N–H and O–H groups in total. The maximum Gasteiger partial charge on any atom is 0.410 e. The van der Waals surface area contributed by atoms with Crippen molar-refractivity contribution in [3.63, 3.8) is 0 Å². The summed E-state index contributed by atoms with van der Waals surface area (Å²) in [6, 6.07) is 4.28. The van der Waals surface area contributed by atoms with Crippen molar-refractivity contribution in [2.24, 2.45) is 0 Å². The molecule has 1 amide bonds. The molecule has 0 aromatic heterocycles. The second kappa shape index (κ2) is 5.70. The highest BCUT2D eigenvalue weighted by Crippen LogP contribution is 2.28. The zero-order valence-electron chi connectivity index (χ0n) is 12.7. The molecule has 22 heavy (non-hydrogen) atoms. The van der Waals surface area contributed by atoms with E-state index in [0.29, 0.717) is 18.8 Å². The van der Waals surface area contributed by atoms with Crippen molar-refractivity contribution in [2.45, 2.75) is 32.5 Å². The summed E-state index contributed by atoms with van der Waals surface area (Å²) in [5.41, 5.74) is 4.87. The fourth-order valence-corrected chi connectivity index (χ4v) is 1.94. The first kappa shape index (κ1) is 15.9. The Morgan fingerprint density at radius 1 is 1.41 bits per heavy atom. The monoisotopic (exact) mass is 309 g/mol. The molecule has 1 aromatic rings. The summed E-state index contributed by atoms with van der Waals surface area (Å²) in [4.78, 5) is 23.5. The van der Waals surface area contributed by atoms with Crippen LogP contribution in [0.2, 0.25) is 0 Å². The molecular formula is C14H19N3O5. The summed E-state index contributed by atoms with van der Waals surface area (Å²) in [7, 11) is 0. The third-order valence-corrected chi connectivity index (χ3v) is 3.00. The van der Waals surface area contributed by atoms with Gasteiger partial charge in [-0.1, -0.05) is 0 Å². The Labute approximate surface area is 127 Å². The number of hydrogen-bond donors (Lipinski definition) is 1. The molecule has 1 aromatic carbocycles. The van der Waals surface area contributed by atoms with Gasteiger partial charge in [0.2, 0.25) is 0 Å². The number of carbonyl (C=O) groups excluding carboxylic acids is 1. The van der Waals surface area contributed by atoms with Crippen molar-refractivity contribution in [1.82, 2.24) is 4.90 Å². The number of anilines is 1. The minimum absolute atomic E-state index is 0.0846. The van der Waals surface area contributed by atoms with Gasteiger partial charge in [-0.15, -0.1) is 0 Å². The number of nitro benzene ring substituents is 1. The first-order chi connectivity index (χ1) is 10.2. The molecule has 0 radical (unpaired) electrons. The van der Waals surface area contributed by atoms with Crippen molar-refractivity contribution in [3.05, 3.63) is 28.3 Å². The number of carbonyl (C=O) groups is 1. The number of nitrogens with two attached hydrogens (primary N) is 1. The van der Waals surface area contributed by atoms with Crippen LogP contribution in [0.4, 0.5) is 16.2 Å². The maximum atomic E-state index is 11.8. The Bertz CT molecular complexity index is 591. The van der Waals surface area contributed by atoms with Crippen molar-refractivity contribution < 1.29 is 19.2 Å². The van der Waals surface area contributed by atoms with Crippen LogP contribution in [0.5, 0.6) is 5.75 Å². The molecule has 1 saturated heterocycles. The molecule has 0 atom stereocenters. The van der Waals surface area contributed by atoms with Crippen LogP contribution in [0, 0.1) is 10.1 Å². The van der Waals surface area contributed by atoms with Crippen LogP contribution in [-0.2, 0) is 4.74 Å². The predicted molar refractivity (Wildman–Crippen MR) is 79.7 cm³/mol. The fraction of sp³-hybridized carbons (Fsp3) is 0.500. The number of nitrogen functional groups attached to an aromatic ring is 1. The maximum absolute atomic E-state index is 11.8. The summed E-state index contributed by atoms with van der Waals surface area (Å²) >= 11 is 0. The highest BCUT2D eigenvalue weighted by molar-refractivity contribution is 5.69. The first-order valence-corrected chi connectivity index (χ1v) is 6.84. The Morgan fingerprint density at radius 3 is 2.59 bits per heavy atom. The molecule has 0 bridgehead atoms. The molecule has 1 heterocycles. The summed E-state index contributed by atoms with van der Waals surface area (Å²) in [5.74, 6) is 0.356. The molecular weight excluding hydrogens is 290 g/mol. The Balaban J connectivity index is 1.89. The Morgan fingerprint density at radius 2 is 2.05 bits per heavy atom. The van der Waals surface area contributed by atoms with E-state index in [1.807, 2.05) is 0 Å². The van der Waals surface area contributed by atoms with E-state index in [4.69, 9.17) is 15.2 Å². The molecule has 8 heteroatoms. The lowest BCUT2D eigenvalue weighted by Crippen LogP contribution is -2.57. The molecule has 0 spiro atoms. The molecule has 2 rings (SSSR count). The number of amides is 1. The van der Waals surface area contributed by atoms with Gasteiger partial charge in [0.1, 0.15) is 23.1 Å². The van der Waals surface area contributed by atoms with Crippen molar-refractivity contribution >= 4 is 17.5 Å². The molecule has 8 nitrogen and oxygen atoms in total. The molecule has 1 aliphatic heterocycles. The van der Waals surface area contributed by atoms with E-state index in [1.165, 1.54) is 17.0 Å². The van der Waals surface area contributed by atoms with Crippen LogP contribution in [-0.4, -0.2) is 40.7 Å². The lowest BCUT2D eigenvalue weighted by molar-refractivity contribution is -0.384. The smallest absolute Gasteiger partial charge is 0.410 e. The van der Waals surface area contributed by atoms with Crippen LogP contribution < -0.4 is 10.5 Å². The zero-order valence-corrected chi connectivity index (χ0v) is 12.7. The van der Waals surface area contributed by atoms with Crippen LogP contribution in [0.1, 0.15) is 20.8 Å². The summed E-state index contributed by atoms with van der Waals surface area (Å²) in [6.07, 6.45) is -0.605. The van der Waals surface area contributed by atoms with E-state index in [-0.39, 0.29) is 17.5 Å². The van der Waals surface area contributed by atoms with Crippen LogP contribution in [0.3, 0.4) is 0 Å². The van der Waals surface area contributed by atoms with E-state index in [1.54, 1.807) is 26.8 Å². The second-order valence-electron chi connectivity index (χ2n) is 6.10. The highest BCUT2D eigenvalue weighted by Gasteiger charge is 2.35. The van der Waals surface area contributed by atoms with E-state index < -0.39 is 16.6 Å². The van der Waals surface area contributed by atoms with Gasteiger partial charge in [-0.25, -0.2) is 4.79 Å². The standard InChI is InChI=1S/C14H19N3O5/c1-14(2,3)22-13(18)16-7-10(8-16)21-9-4-5-11(15)12(6-9)17(19)20/h4-6,10H,7-8,15H2,1-3H3. The third kappa shape index (κ3) is 3.78. The van der Waals surface area contributed by atoms with E-state index >= 15 is 0 Å². The van der Waals surface area contributed by atoms with Crippen molar-refractivity contribution in [2.75, 3.05) is 18.8 Å². The van der Waals surface area contributed by atoms with E-state index in [9.17, 15) is 14.9 Å². The number of benzene rings is 1. The number of nitro groups is 1. The lowest BCUT2D eigenvalue weighted by atomic mass is 10.1. The van der Waals surface area contributed by atoms with Crippen LogP contribution in [0.15, 0.2) is 18.2 Å². The largest absolute Gasteiger partial charge is 0.486 e. The van der Waals surface area contributed by atoms with Gasteiger partial charge in [-0.3, -0.25) is 10.1 Å². The van der Waals surface area contributed by atoms with E-state index in [0.717, 1.165) is 0 Å². The van der Waals surface area contributed by atoms with Crippen LogP contribution >= 0.6 is 0 Å². The number of hydrogen-bond acceptors (Lipinski definition) is 6. The molecule has 0 saturated carbocycles. The van der Waals surface area contributed by atoms with Gasteiger partial charge in [-0.2, -0.15) is 0 Å². The minimum atomic E-state index is -0.560. The summed E-state index contributed by atoms with van der Waals surface area (Å²) in [6.45, 7) is 6.16. The molecule has 1 fully saturated rings. The molecule has 0 unspecified atom stereocenters. The van der Waals surface area contributed by atoms with Crippen LogP contribution in [0.25, 0.3) is 0 Å². The van der Waals surface area contributed by atoms with Gasteiger partial charge in [-0.05, 0) is 32.9 Å². The Kier molecular flexibility index (Phi) is 4.11. The molecule has 1 aliphatic rings. The van der Waals surface area contributed by atoms with Crippen molar-refractivity contribution in [3.8, 4) is 5.75 Å². The average molecular weight is 309 g/mol. The highest BCUT2D eigenvalue weighted by atomic mass is 16.6. The third-order valence-electron chi connectivity index (χ3n) is 3.00. The van der Waals surface area contributed by atoms with Gasteiger partial charge in [0.15, 0.2) is 0 Å². The number of nitrogens with zero attached hydrogens (tertiary/aromatic N) is 2. The minimum Gasteiger partial charge on any atom is -0.486 e. The quantitative estimate of drug-likeness (QED) is 0.521. The van der Waals surface area contributed by atoms with Gasteiger partial charge in [0.05, 0.1) is 24.1 Å². The first-order valence-electron chi connectivity index (χ1n) is 6.84. The Hall–Kier alpha value is -2.51. The van der Waals surface area contributed by atoms with Gasteiger partial charge in [0.25, 0.3) is 5.69 Å². The predicted octanol–water partition coefficient (Wildman–Crippen LogP) is 2.18. The second-order valence-corrected chi connectivity index (χ2v) is 6.10. The molecule has 0 aliphatic carbocycles.